The molecule has 2 atom stereocenters. The third-order valence-electron chi connectivity index (χ3n) is 2.38. The number of benzene rings is 1. The number of primary amides is 1. The summed E-state index contributed by atoms with van der Waals surface area (Å²) in [6.45, 7) is 3.10. The summed E-state index contributed by atoms with van der Waals surface area (Å²) >= 11 is 0. The van der Waals surface area contributed by atoms with Crippen LogP contribution in [0.25, 0.3) is 0 Å². The zero-order valence-corrected chi connectivity index (χ0v) is 10.6. The van der Waals surface area contributed by atoms with Gasteiger partial charge in [-0.2, -0.15) is 0 Å². The first-order valence-electron chi connectivity index (χ1n) is 5.63. The van der Waals surface area contributed by atoms with Crippen LogP contribution in [-0.2, 0) is 4.79 Å². The predicted molar refractivity (Wildman–Crippen MR) is 66.8 cm³/mol. The highest BCUT2D eigenvalue weighted by Gasteiger charge is 2.19. The van der Waals surface area contributed by atoms with E-state index < -0.39 is 29.9 Å². The Morgan fingerprint density at radius 1 is 1.37 bits per heavy atom. The van der Waals surface area contributed by atoms with Gasteiger partial charge < -0.3 is 16.2 Å². The number of carbonyl (C=O) groups is 2. The van der Waals surface area contributed by atoms with E-state index in [2.05, 4.69) is 0 Å². The molecule has 1 rings (SSSR count). The van der Waals surface area contributed by atoms with Crippen molar-refractivity contribution in [2.75, 3.05) is 0 Å². The van der Waals surface area contributed by atoms with Crippen molar-refractivity contribution in [3.63, 3.8) is 0 Å². The molecule has 104 valence electrons. The van der Waals surface area contributed by atoms with Crippen LogP contribution in [0.4, 0.5) is 9.18 Å². The van der Waals surface area contributed by atoms with Crippen LogP contribution in [0.15, 0.2) is 18.2 Å². The van der Waals surface area contributed by atoms with Crippen molar-refractivity contribution in [3.8, 4) is 5.75 Å². The number of imide groups is 1. The van der Waals surface area contributed by atoms with E-state index >= 15 is 0 Å². The lowest BCUT2D eigenvalue weighted by Gasteiger charge is -2.18. The van der Waals surface area contributed by atoms with Crippen molar-refractivity contribution in [1.82, 2.24) is 5.32 Å². The van der Waals surface area contributed by atoms with E-state index in [1.54, 1.807) is 6.92 Å². The summed E-state index contributed by atoms with van der Waals surface area (Å²) < 4.78 is 18.5. The van der Waals surface area contributed by atoms with Gasteiger partial charge in [-0.1, -0.05) is 0 Å². The van der Waals surface area contributed by atoms with Gasteiger partial charge in [0.25, 0.3) is 5.91 Å². The van der Waals surface area contributed by atoms with Gasteiger partial charge in [0.1, 0.15) is 11.6 Å². The number of urea groups is 1. The number of carbonyl (C=O) groups excluding carboxylic acids is 2. The van der Waals surface area contributed by atoms with Crippen molar-refractivity contribution < 1.29 is 18.7 Å². The topological polar surface area (TPSA) is 107 Å². The van der Waals surface area contributed by atoms with Crippen LogP contribution in [0.2, 0.25) is 0 Å². The van der Waals surface area contributed by atoms with Crippen LogP contribution in [0.1, 0.15) is 25.5 Å². The summed E-state index contributed by atoms with van der Waals surface area (Å²) in [7, 11) is 0. The Kier molecular flexibility index (Phi) is 4.82. The molecule has 2 unspecified atom stereocenters. The summed E-state index contributed by atoms with van der Waals surface area (Å²) in [4.78, 5) is 22.0. The fourth-order valence-corrected chi connectivity index (χ4v) is 1.45. The molecule has 0 saturated heterocycles. The molecule has 0 spiro atoms. The molecular formula is C12H16FN3O3. The molecule has 0 saturated carbocycles. The first kappa shape index (κ1) is 14.9. The Hall–Kier alpha value is -2.15. The fraction of sp³-hybridized carbons (Fsp3) is 0.333. The van der Waals surface area contributed by atoms with Crippen molar-refractivity contribution in [2.24, 2.45) is 11.5 Å². The first-order chi connectivity index (χ1) is 8.81. The number of nitrogens with one attached hydrogen (secondary N) is 1. The number of halogens is 1. The van der Waals surface area contributed by atoms with Gasteiger partial charge in [-0.3, -0.25) is 10.1 Å². The minimum atomic E-state index is -0.966. The highest BCUT2D eigenvalue weighted by atomic mass is 19.1. The number of nitrogens with two attached hydrogens (primary N) is 2. The van der Waals surface area contributed by atoms with E-state index in [0.717, 1.165) is 0 Å². The van der Waals surface area contributed by atoms with Crippen LogP contribution in [-0.4, -0.2) is 18.0 Å². The number of ether oxygens (including phenoxy) is 1. The first-order valence-corrected chi connectivity index (χ1v) is 5.63. The van der Waals surface area contributed by atoms with Crippen molar-refractivity contribution >= 4 is 11.9 Å². The highest BCUT2D eigenvalue weighted by molar-refractivity contribution is 5.95. The normalized spacial score (nSPS) is 13.5. The molecule has 1 aromatic rings. The molecule has 0 bridgehead atoms. The van der Waals surface area contributed by atoms with Gasteiger partial charge in [0, 0.05) is 11.6 Å². The molecule has 19 heavy (non-hydrogen) atoms. The van der Waals surface area contributed by atoms with E-state index in [0.29, 0.717) is 5.56 Å². The predicted octanol–water partition coefficient (Wildman–Crippen LogP) is 0.808. The maximum atomic E-state index is 13.1. The minimum Gasteiger partial charge on any atom is -0.481 e. The fourth-order valence-electron chi connectivity index (χ4n) is 1.45. The molecule has 0 aliphatic rings. The second-order valence-electron chi connectivity index (χ2n) is 4.08. The van der Waals surface area contributed by atoms with E-state index in [9.17, 15) is 14.0 Å². The molecule has 0 fully saturated rings. The standard InChI is InChI=1S/C12H16FN3O3/c1-6(14)9-5-8(13)3-4-10(9)19-7(2)11(17)16-12(15)18/h3-7H,14H2,1-2H3,(H3,15,16,17,18). The number of hydrogen-bond donors (Lipinski definition) is 3. The Morgan fingerprint density at radius 2 is 2.00 bits per heavy atom. The lowest BCUT2D eigenvalue weighted by molar-refractivity contribution is -0.126. The average molecular weight is 269 g/mol. The van der Waals surface area contributed by atoms with Gasteiger partial charge in [0.05, 0.1) is 0 Å². The van der Waals surface area contributed by atoms with Gasteiger partial charge in [-0.15, -0.1) is 0 Å². The summed E-state index contributed by atoms with van der Waals surface area (Å²) in [5.41, 5.74) is 11.0. The SMILES string of the molecule is CC(Oc1ccc(F)cc1C(C)N)C(=O)NC(N)=O. The second-order valence-corrected chi connectivity index (χ2v) is 4.08. The molecule has 0 aliphatic heterocycles. The lowest BCUT2D eigenvalue weighted by atomic mass is 10.1. The third kappa shape index (κ3) is 4.22. The van der Waals surface area contributed by atoms with Gasteiger partial charge in [0.2, 0.25) is 0 Å². The number of amides is 3. The van der Waals surface area contributed by atoms with E-state index in [-0.39, 0.29) is 5.75 Å². The van der Waals surface area contributed by atoms with Crippen molar-refractivity contribution in [1.29, 1.82) is 0 Å². The molecule has 0 radical (unpaired) electrons. The summed E-state index contributed by atoms with van der Waals surface area (Å²) in [6, 6.07) is 2.38. The Labute approximate surface area is 109 Å². The minimum absolute atomic E-state index is 0.281. The van der Waals surface area contributed by atoms with Crippen LogP contribution >= 0.6 is 0 Å². The van der Waals surface area contributed by atoms with E-state index in [1.165, 1.54) is 25.1 Å². The number of hydrogen-bond acceptors (Lipinski definition) is 4. The molecule has 6 nitrogen and oxygen atoms in total. The van der Waals surface area contributed by atoms with E-state index in [1.807, 2.05) is 5.32 Å². The molecule has 0 heterocycles. The zero-order chi connectivity index (χ0) is 14.6. The summed E-state index contributed by atoms with van der Waals surface area (Å²) in [5, 5.41) is 1.89. The molecule has 0 aliphatic carbocycles. The summed E-state index contributed by atoms with van der Waals surface area (Å²) in [6.07, 6.45) is -0.963. The van der Waals surface area contributed by atoms with Gasteiger partial charge in [0.15, 0.2) is 6.10 Å². The molecular weight excluding hydrogens is 253 g/mol. The Balaban J connectivity index is 2.87. The zero-order valence-electron chi connectivity index (χ0n) is 10.6. The molecule has 0 aromatic heterocycles. The van der Waals surface area contributed by atoms with Crippen molar-refractivity contribution in [2.45, 2.75) is 26.0 Å². The maximum Gasteiger partial charge on any atom is 0.318 e. The monoisotopic (exact) mass is 269 g/mol. The Bertz CT molecular complexity index is 491. The van der Waals surface area contributed by atoms with Crippen LogP contribution in [0.5, 0.6) is 5.75 Å². The summed E-state index contributed by atoms with van der Waals surface area (Å²) in [5.74, 6) is -0.857. The quantitative estimate of drug-likeness (QED) is 0.751. The molecule has 5 N–H and O–H groups in total. The van der Waals surface area contributed by atoms with Crippen molar-refractivity contribution in [3.05, 3.63) is 29.6 Å². The van der Waals surface area contributed by atoms with Crippen LogP contribution in [0.3, 0.4) is 0 Å². The maximum absolute atomic E-state index is 13.1. The molecule has 3 amide bonds. The highest BCUT2D eigenvalue weighted by Crippen LogP contribution is 2.25. The second kappa shape index (κ2) is 6.14. The third-order valence-corrected chi connectivity index (χ3v) is 2.38. The molecule has 7 heteroatoms. The van der Waals surface area contributed by atoms with Gasteiger partial charge in [-0.05, 0) is 32.0 Å². The van der Waals surface area contributed by atoms with Crippen LogP contribution < -0.4 is 21.5 Å². The van der Waals surface area contributed by atoms with Gasteiger partial charge in [-0.25, -0.2) is 9.18 Å². The molecule has 1 aromatic carbocycles. The number of rotatable bonds is 4. The van der Waals surface area contributed by atoms with Gasteiger partial charge >= 0.3 is 6.03 Å². The largest absolute Gasteiger partial charge is 0.481 e. The van der Waals surface area contributed by atoms with Crippen LogP contribution in [0, 0.1) is 5.82 Å². The Morgan fingerprint density at radius 3 is 2.53 bits per heavy atom. The average Bonchev–Trinajstić information content (AvgIpc) is 2.30. The lowest BCUT2D eigenvalue weighted by Crippen LogP contribution is -2.42. The smallest absolute Gasteiger partial charge is 0.318 e. The van der Waals surface area contributed by atoms with E-state index in [4.69, 9.17) is 16.2 Å².